The molecule has 0 fully saturated rings. The second-order valence-corrected chi connectivity index (χ2v) is 15.2. The standard InChI is InChI=1S/C57H42N6O2/c1-43-17-23-49(24-18-43)60(46-11-5-2-6-12-46)52-29-35-55(36-30-52)63(56-37-31-53(32-38-56)61(47-13-7-3-8-14-47)50-25-19-44(20-26-50)58-41-64)57-39-33-54(34-40-57)62(48-15-9-4-10-16-48)51-27-21-45(22-28-51)59-42-65/h2-40H,1H3. The third-order valence-corrected chi connectivity index (χ3v) is 11.0. The molecular formula is C57H42N6O2. The van der Waals surface area contributed by atoms with Gasteiger partial charge in [-0.05, 0) is 177 Å². The number of anilines is 12. The van der Waals surface area contributed by atoms with Crippen LogP contribution in [-0.2, 0) is 9.59 Å². The van der Waals surface area contributed by atoms with Gasteiger partial charge >= 0.3 is 0 Å². The number of aryl methyl sites for hydroxylation is 1. The van der Waals surface area contributed by atoms with Gasteiger partial charge in [0.2, 0.25) is 12.2 Å². The molecule has 0 unspecified atom stereocenters. The van der Waals surface area contributed by atoms with E-state index in [-0.39, 0.29) is 0 Å². The maximum Gasteiger partial charge on any atom is 0.240 e. The van der Waals surface area contributed by atoms with Gasteiger partial charge in [0.1, 0.15) is 0 Å². The smallest absolute Gasteiger partial charge is 0.240 e. The number of hydrogen-bond donors (Lipinski definition) is 0. The Balaban J connectivity index is 1.13. The lowest BCUT2D eigenvalue weighted by Gasteiger charge is -2.30. The first kappa shape index (κ1) is 41.3. The molecule has 8 heteroatoms. The molecule has 0 saturated carbocycles. The Bertz CT molecular complexity index is 2910. The first-order valence-corrected chi connectivity index (χ1v) is 21.1. The van der Waals surface area contributed by atoms with Gasteiger partial charge in [0.05, 0.1) is 11.4 Å². The molecule has 0 heterocycles. The molecule has 0 spiro atoms. The molecule has 9 aromatic rings. The molecule has 0 bridgehead atoms. The monoisotopic (exact) mass is 842 g/mol. The second-order valence-electron chi connectivity index (χ2n) is 15.2. The fourth-order valence-corrected chi connectivity index (χ4v) is 7.92. The number of benzene rings is 9. The minimum atomic E-state index is 0.541. The van der Waals surface area contributed by atoms with Crippen molar-refractivity contribution < 1.29 is 9.59 Å². The molecule has 0 saturated heterocycles. The number of isocyanates is 2. The Labute approximate surface area is 378 Å². The Morgan fingerprint density at radius 2 is 0.446 bits per heavy atom. The summed E-state index contributed by atoms with van der Waals surface area (Å²) >= 11 is 0. The summed E-state index contributed by atoms with van der Waals surface area (Å²) in [6.45, 7) is 2.10. The van der Waals surface area contributed by atoms with E-state index in [0.29, 0.717) is 11.4 Å². The molecule has 0 aliphatic carbocycles. The average Bonchev–Trinajstić information content (AvgIpc) is 3.36. The summed E-state index contributed by atoms with van der Waals surface area (Å²) in [5.74, 6) is 0. The highest BCUT2D eigenvalue weighted by atomic mass is 16.1. The zero-order chi connectivity index (χ0) is 44.4. The lowest BCUT2D eigenvalue weighted by Crippen LogP contribution is -2.13. The van der Waals surface area contributed by atoms with Gasteiger partial charge in [0.15, 0.2) is 0 Å². The van der Waals surface area contributed by atoms with E-state index in [9.17, 15) is 9.59 Å². The topological polar surface area (TPSA) is 71.8 Å². The highest BCUT2D eigenvalue weighted by molar-refractivity contribution is 5.85. The van der Waals surface area contributed by atoms with Crippen LogP contribution in [0, 0.1) is 6.92 Å². The highest BCUT2D eigenvalue weighted by Crippen LogP contribution is 2.43. The second kappa shape index (κ2) is 19.3. The molecule has 8 nitrogen and oxygen atoms in total. The Kier molecular flexibility index (Phi) is 12.3. The third-order valence-electron chi connectivity index (χ3n) is 11.0. The summed E-state index contributed by atoms with van der Waals surface area (Å²) in [6, 6.07) is 80.2. The summed E-state index contributed by atoms with van der Waals surface area (Å²) in [5.41, 5.74) is 14.1. The summed E-state index contributed by atoms with van der Waals surface area (Å²) in [4.78, 5) is 38.4. The molecule has 0 N–H and O–H groups in total. The molecule has 9 rings (SSSR count). The van der Waals surface area contributed by atoms with Crippen molar-refractivity contribution in [1.29, 1.82) is 0 Å². The fourth-order valence-electron chi connectivity index (χ4n) is 7.92. The zero-order valence-corrected chi connectivity index (χ0v) is 35.5. The largest absolute Gasteiger partial charge is 0.311 e. The van der Waals surface area contributed by atoms with Crippen LogP contribution in [0.1, 0.15) is 5.56 Å². The maximum absolute atomic E-state index is 11.0. The van der Waals surface area contributed by atoms with Crippen LogP contribution in [0.4, 0.5) is 79.6 Å². The van der Waals surface area contributed by atoms with Crippen LogP contribution in [0.5, 0.6) is 0 Å². The van der Waals surface area contributed by atoms with Gasteiger partial charge in [-0.15, -0.1) is 0 Å². The van der Waals surface area contributed by atoms with Gasteiger partial charge in [0.25, 0.3) is 0 Å². The quantitative estimate of drug-likeness (QED) is 0.0802. The van der Waals surface area contributed by atoms with Crippen molar-refractivity contribution in [1.82, 2.24) is 0 Å². The van der Waals surface area contributed by atoms with Crippen LogP contribution in [0.25, 0.3) is 0 Å². The first-order chi connectivity index (χ1) is 32.1. The molecule has 0 aliphatic rings. The lowest BCUT2D eigenvalue weighted by atomic mass is 10.1. The van der Waals surface area contributed by atoms with Crippen LogP contribution in [-0.4, -0.2) is 12.2 Å². The maximum atomic E-state index is 11.0. The van der Waals surface area contributed by atoms with Gasteiger partial charge in [-0.25, -0.2) is 9.59 Å². The molecule has 0 radical (unpaired) electrons. The van der Waals surface area contributed by atoms with Crippen molar-refractivity contribution in [2.75, 3.05) is 19.6 Å². The summed E-state index contributed by atoms with van der Waals surface area (Å²) in [7, 11) is 0. The van der Waals surface area contributed by atoms with Crippen molar-refractivity contribution in [3.63, 3.8) is 0 Å². The number of para-hydroxylation sites is 3. The molecule has 0 atom stereocenters. The fraction of sp³-hybridized carbons (Fsp3) is 0.0175. The molecule has 0 amide bonds. The summed E-state index contributed by atoms with van der Waals surface area (Å²) in [6.07, 6.45) is 3.26. The average molecular weight is 843 g/mol. The predicted octanol–water partition coefficient (Wildman–Crippen LogP) is 15.8. The molecule has 0 aliphatic heterocycles. The number of aliphatic imine (C=N–C) groups is 2. The van der Waals surface area contributed by atoms with Crippen molar-refractivity contribution in [2.45, 2.75) is 6.92 Å². The van der Waals surface area contributed by atoms with E-state index in [2.05, 4.69) is 182 Å². The number of carbonyl (C=O) groups excluding carboxylic acids is 2. The molecule has 65 heavy (non-hydrogen) atoms. The Morgan fingerprint density at radius 3 is 0.662 bits per heavy atom. The van der Waals surface area contributed by atoms with Crippen LogP contribution in [0.2, 0.25) is 0 Å². The minimum Gasteiger partial charge on any atom is -0.311 e. The highest BCUT2D eigenvalue weighted by Gasteiger charge is 2.19. The van der Waals surface area contributed by atoms with Crippen LogP contribution < -0.4 is 19.6 Å². The van der Waals surface area contributed by atoms with Crippen molar-refractivity contribution in [3.8, 4) is 0 Å². The zero-order valence-electron chi connectivity index (χ0n) is 35.5. The van der Waals surface area contributed by atoms with E-state index in [1.54, 1.807) is 12.2 Å². The Hall–Kier alpha value is -9.06. The van der Waals surface area contributed by atoms with E-state index in [1.165, 1.54) is 5.56 Å². The number of hydrogen-bond acceptors (Lipinski definition) is 8. The van der Waals surface area contributed by atoms with E-state index in [1.807, 2.05) is 91.0 Å². The van der Waals surface area contributed by atoms with E-state index in [0.717, 1.165) is 68.2 Å². The van der Waals surface area contributed by atoms with Gasteiger partial charge in [-0.2, -0.15) is 9.98 Å². The third kappa shape index (κ3) is 9.26. The number of nitrogens with zero attached hydrogens (tertiary/aromatic N) is 6. The SMILES string of the molecule is Cc1ccc(N(c2ccccc2)c2ccc(N(c3ccc(N(c4ccccc4)c4ccc(N=C=O)cc4)cc3)c3ccc(N(c4ccccc4)c4ccc(N=C=O)cc4)cc3)cc2)cc1. The summed E-state index contributed by atoms with van der Waals surface area (Å²) in [5, 5.41) is 0. The molecular weight excluding hydrogens is 801 g/mol. The van der Waals surface area contributed by atoms with E-state index >= 15 is 0 Å². The molecule has 0 aromatic heterocycles. The van der Waals surface area contributed by atoms with Crippen molar-refractivity contribution >= 4 is 91.8 Å². The van der Waals surface area contributed by atoms with Crippen molar-refractivity contribution in [2.24, 2.45) is 9.98 Å². The van der Waals surface area contributed by atoms with Gasteiger partial charge in [-0.3, -0.25) is 0 Å². The predicted molar refractivity (Wildman–Crippen MR) is 265 cm³/mol. The van der Waals surface area contributed by atoms with Crippen molar-refractivity contribution in [3.05, 3.63) is 242 Å². The van der Waals surface area contributed by atoms with E-state index < -0.39 is 0 Å². The number of rotatable bonds is 14. The van der Waals surface area contributed by atoms with Crippen LogP contribution >= 0.6 is 0 Å². The van der Waals surface area contributed by atoms with Gasteiger partial charge in [0, 0.05) is 68.2 Å². The minimum absolute atomic E-state index is 0.541. The van der Waals surface area contributed by atoms with Crippen LogP contribution in [0.15, 0.2) is 247 Å². The van der Waals surface area contributed by atoms with Gasteiger partial charge in [-0.1, -0.05) is 72.3 Å². The Morgan fingerprint density at radius 1 is 0.262 bits per heavy atom. The normalized spacial score (nSPS) is 10.5. The van der Waals surface area contributed by atoms with E-state index in [4.69, 9.17) is 0 Å². The first-order valence-electron chi connectivity index (χ1n) is 21.1. The van der Waals surface area contributed by atoms with Crippen LogP contribution in [0.3, 0.4) is 0 Å². The molecule has 9 aromatic carbocycles. The van der Waals surface area contributed by atoms with Gasteiger partial charge < -0.3 is 19.6 Å². The lowest BCUT2D eigenvalue weighted by molar-refractivity contribution is 0.564. The summed E-state index contributed by atoms with van der Waals surface area (Å²) < 4.78 is 0. The molecule has 312 valence electrons.